The topological polar surface area (TPSA) is 175 Å². The lowest BCUT2D eigenvalue weighted by Crippen LogP contribution is -2.60. The summed E-state index contributed by atoms with van der Waals surface area (Å²) in [4.78, 5) is 91.3. The molecule has 2 aliphatic rings. The van der Waals surface area contributed by atoms with Crippen LogP contribution in [-0.2, 0) is 57.2 Å². The third-order valence-electron chi connectivity index (χ3n) is 8.95. The fourth-order valence-electron chi connectivity index (χ4n) is 6.83. The maximum absolute atomic E-state index is 14.4. The summed E-state index contributed by atoms with van der Waals surface area (Å²) in [7, 11) is 0. The smallest absolute Gasteiger partial charge is 0.338 e. The van der Waals surface area contributed by atoms with Gasteiger partial charge in [0.05, 0.1) is 11.5 Å². The molecule has 0 aromatic heterocycles. The second kappa shape index (κ2) is 15.8. The largest absolute Gasteiger partial charge is 0.458 e. The van der Waals surface area contributed by atoms with Crippen LogP contribution in [0.4, 0.5) is 0 Å². The molecule has 0 bridgehead atoms. The monoisotopic (exact) mass is 698 g/mol. The molecule has 2 aliphatic carbocycles. The lowest BCUT2D eigenvalue weighted by Gasteiger charge is -2.44. The van der Waals surface area contributed by atoms with Crippen molar-refractivity contribution in [1.29, 1.82) is 0 Å². The third kappa shape index (κ3) is 8.67. The number of benzene rings is 1. The van der Waals surface area contributed by atoms with Crippen molar-refractivity contribution in [2.75, 3.05) is 0 Å². The lowest BCUT2D eigenvalue weighted by atomic mass is 9.74. The van der Waals surface area contributed by atoms with E-state index in [0.29, 0.717) is 5.57 Å². The van der Waals surface area contributed by atoms with Crippen LogP contribution in [0.2, 0.25) is 0 Å². The first-order valence-electron chi connectivity index (χ1n) is 16.3. The van der Waals surface area contributed by atoms with Gasteiger partial charge in [0.1, 0.15) is 6.10 Å². The second-order valence-corrected chi connectivity index (χ2v) is 13.5. The molecule has 8 atom stereocenters. The van der Waals surface area contributed by atoms with Crippen LogP contribution in [0.5, 0.6) is 0 Å². The van der Waals surface area contributed by atoms with Gasteiger partial charge in [0.25, 0.3) is 0 Å². The summed E-state index contributed by atoms with van der Waals surface area (Å²) in [5.74, 6) is -7.70. The molecule has 13 nitrogen and oxygen atoms in total. The van der Waals surface area contributed by atoms with Crippen molar-refractivity contribution in [2.45, 2.75) is 112 Å². The van der Waals surface area contributed by atoms with Crippen molar-refractivity contribution in [1.82, 2.24) is 0 Å². The van der Waals surface area contributed by atoms with E-state index in [1.807, 2.05) is 0 Å². The highest BCUT2D eigenvalue weighted by atomic mass is 16.6. The summed E-state index contributed by atoms with van der Waals surface area (Å²) >= 11 is 0. The Morgan fingerprint density at radius 1 is 0.720 bits per heavy atom. The molecule has 1 fully saturated rings. The molecule has 272 valence electrons. The highest BCUT2D eigenvalue weighted by molar-refractivity contribution is 6.00. The zero-order valence-electron chi connectivity index (χ0n) is 30.1. The average molecular weight is 699 g/mol. The Labute approximate surface area is 291 Å². The fraction of sp³-hybridized carbons (Fsp3) is 0.541. The van der Waals surface area contributed by atoms with Gasteiger partial charge in [-0.2, -0.15) is 0 Å². The van der Waals surface area contributed by atoms with Crippen LogP contribution in [0, 0.1) is 17.3 Å². The summed E-state index contributed by atoms with van der Waals surface area (Å²) < 4.78 is 35.3. The Morgan fingerprint density at radius 3 is 1.78 bits per heavy atom. The van der Waals surface area contributed by atoms with Crippen molar-refractivity contribution in [3.8, 4) is 0 Å². The molecule has 0 spiro atoms. The summed E-state index contributed by atoms with van der Waals surface area (Å²) in [5, 5.41) is 0. The van der Waals surface area contributed by atoms with Gasteiger partial charge in [0.2, 0.25) is 11.9 Å². The molecular weight excluding hydrogens is 652 g/mol. The Hall–Kier alpha value is -4.81. The number of hydrogen-bond acceptors (Lipinski definition) is 13. The number of esters is 6. The summed E-state index contributed by atoms with van der Waals surface area (Å²) in [5.41, 5.74) is -2.72. The quantitative estimate of drug-likeness (QED) is 0.223. The molecule has 0 heterocycles. The van der Waals surface area contributed by atoms with Gasteiger partial charge in [-0.25, -0.2) is 4.79 Å². The lowest BCUT2D eigenvalue weighted by molar-refractivity contribution is -0.210. The maximum atomic E-state index is 14.4. The van der Waals surface area contributed by atoms with Crippen LogP contribution in [0.25, 0.3) is 0 Å². The molecule has 3 rings (SSSR count). The van der Waals surface area contributed by atoms with E-state index in [1.165, 1.54) is 25.1 Å². The van der Waals surface area contributed by atoms with Crippen LogP contribution >= 0.6 is 0 Å². The molecular formula is C37H46O13. The maximum Gasteiger partial charge on any atom is 0.338 e. The first-order valence-corrected chi connectivity index (χ1v) is 16.3. The molecule has 0 saturated heterocycles. The van der Waals surface area contributed by atoms with E-state index < -0.39 is 95.0 Å². The number of carbonyl (C=O) groups excluding carboxylic acids is 7. The number of ketones is 1. The zero-order chi connectivity index (χ0) is 37.7. The molecule has 1 saturated carbocycles. The van der Waals surface area contributed by atoms with Gasteiger partial charge in [0, 0.05) is 46.0 Å². The van der Waals surface area contributed by atoms with Crippen molar-refractivity contribution >= 4 is 41.6 Å². The minimum atomic E-state index is -2.10. The number of rotatable bonds is 7. The standard InChI is InChI=1S/C37H46O13/c1-19-16-17-36(9,10)34(48-25(7)41)31(45-22(4)38)29(43)20(2)18-28-30(49-35(44)27-14-12-11-13-15-27)21(3)33(47-24(6)40)37(28,50-26(8)42)32(19)46-23(5)39/h11-16,18,21,28,30-34H,17H2,1-10H3. The van der Waals surface area contributed by atoms with Gasteiger partial charge < -0.3 is 28.4 Å². The molecule has 50 heavy (non-hydrogen) atoms. The summed E-state index contributed by atoms with van der Waals surface area (Å²) in [6.07, 6.45) is -3.91. The van der Waals surface area contributed by atoms with Crippen molar-refractivity contribution in [3.05, 3.63) is 59.2 Å². The number of allylic oxidation sites excluding steroid dienone is 1. The Bertz CT molecular complexity index is 1570. The molecule has 0 radical (unpaired) electrons. The molecule has 0 aliphatic heterocycles. The van der Waals surface area contributed by atoms with Gasteiger partial charge in [-0.05, 0) is 43.5 Å². The number of carbonyl (C=O) groups is 7. The molecule has 1 aromatic rings. The van der Waals surface area contributed by atoms with E-state index in [4.69, 9.17) is 28.4 Å². The van der Waals surface area contributed by atoms with Gasteiger partial charge >= 0.3 is 35.8 Å². The van der Waals surface area contributed by atoms with Crippen LogP contribution in [0.1, 0.15) is 86.0 Å². The normalized spacial score (nSPS) is 29.3. The zero-order valence-corrected chi connectivity index (χ0v) is 30.1. The fourth-order valence-corrected chi connectivity index (χ4v) is 6.83. The van der Waals surface area contributed by atoms with Gasteiger partial charge in [-0.3, -0.25) is 28.8 Å². The van der Waals surface area contributed by atoms with Gasteiger partial charge in [-0.1, -0.05) is 51.1 Å². The molecule has 0 N–H and O–H groups in total. The van der Waals surface area contributed by atoms with E-state index in [9.17, 15) is 33.6 Å². The van der Waals surface area contributed by atoms with Crippen LogP contribution < -0.4 is 0 Å². The minimum absolute atomic E-state index is 0.0589. The Balaban J connectivity index is 2.49. The second-order valence-electron chi connectivity index (χ2n) is 13.5. The van der Waals surface area contributed by atoms with Crippen LogP contribution in [0.15, 0.2) is 53.6 Å². The molecule has 13 heteroatoms. The average Bonchev–Trinajstić information content (AvgIpc) is 3.21. The first-order chi connectivity index (χ1) is 23.2. The number of Topliss-reactive ketones (excluding diaryl/α,β-unsaturated/α-hetero) is 1. The minimum Gasteiger partial charge on any atom is -0.458 e. The molecule has 0 amide bonds. The Kier molecular flexibility index (Phi) is 12.5. The van der Waals surface area contributed by atoms with Gasteiger partial charge in [-0.15, -0.1) is 0 Å². The molecule has 1 aromatic carbocycles. The highest BCUT2D eigenvalue weighted by Gasteiger charge is 2.69. The highest BCUT2D eigenvalue weighted by Crippen LogP contribution is 2.52. The SMILES string of the molecule is CC(=O)OC1C(=O)C(C)=CC2C(OC(=O)c3ccccc3)C(C)C(OC(C)=O)C2(OC(C)=O)C(OC(C)=O)C(C)=CCC(C)(C)C1OC(C)=O. The Morgan fingerprint density at radius 2 is 1.26 bits per heavy atom. The summed E-state index contributed by atoms with van der Waals surface area (Å²) in [6.45, 7) is 13.7. The third-order valence-corrected chi connectivity index (χ3v) is 8.95. The van der Waals surface area contributed by atoms with E-state index in [0.717, 1.165) is 34.6 Å². The predicted octanol–water partition coefficient (Wildman–Crippen LogP) is 4.40. The first kappa shape index (κ1) is 39.6. The number of hydrogen-bond donors (Lipinski definition) is 0. The van der Waals surface area contributed by atoms with Crippen molar-refractivity contribution < 1.29 is 62.0 Å². The van der Waals surface area contributed by atoms with Crippen molar-refractivity contribution in [3.63, 3.8) is 0 Å². The van der Waals surface area contributed by atoms with Crippen molar-refractivity contribution in [2.24, 2.45) is 17.3 Å². The number of ether oxygens (including phenoxy) is 6. The van der Waals surface area contributed by atoms with E-state index in [2.05, 4.69) is 0 Å². The number of fused-ring (bicyclic) bond motifs is 1. The van der Waals surface area contributed by atoms with Crippen LogP contribution in [0.3, 0.4) is 0 Å². The van der Waals surface area contributed by atoms with Gasteiger partial charge in [0.15, 0.2) is 23.9 Å². The van der Waals surface area contributed by atoms with E-state index in [1.54, 1.807) is 52.0 Å². The van der Waals surface area contributed by atoms with E-state index in [-0.39, 0.29) is 17.6 Å². The summed E-state index contributed by atoms with van der Waals surface area (Å²) in [6, 6.07) is 8.06. The van der Waals surface area contributed by atoms with E-state index >= 15 is 0 Å². The molecule has 8 unspecified atom stereocenters. The van der Waals surface area contributed by atoms with Crippen LogP contribution in [-0.4, -0.2) is 77.7 Å². The predicted molar refractivity (Wildman–Crippen MR) is 176 cm³/mol.